The van der Waals surface area contributed by atoms with Gasteiger partial charge in [0.05, 0.1) is 38.0 Å². The number of aromatic carboxylic acids is 1. The smallest absolute Gasteiger partial charge is 0.336 e. The van der Waals surface area contributed by atoms with Crippen LogP contribution in [0.2, 0.25) is 0 Å². The fourth-order valence-electron chi connectivity index (χ4n) is 9.63. The Morgan fingerprint density at radius 3 is 2.29 bits per heavy atom. The lowest BCUT2D eigenvalue weighted by atomic mass is 9.90. The molecule has 3 heterocycles. The van der Waals surface area contributed by atoms with E-state index in [-0.39, 0.29) is 77.3 Å². The molecule has 4 aromatic carbocycles. The number of methoxy groups -OCH3 is 1. The zero-order valence-electron chi connectivity index (χ0n) is 45.6. The van der Waals surface area contributed by atoms with Crippen molar-refractivity contribution in [3.8, 4) is 33.9 Å². The Labute approximate surface area is 475 Å². The minimum atomic E-state index is -1.45. The van der Waals surface area contributed by atoms with Crippen molar-refractivity contribution in [1.29, 1.82) is 0 Å². The number of Topliss-reactive ketones (excluding diaryl/α,β-unsaturated/α-hetero) is 2. The fourth-order valence-corrected chi connectivity index (χ4v) is 9.63. The van der Waals surface area contributed by atoms with Crippen LogP contribution in [0.1, 0.15) is 71.7 Å². The van der Waals surface area contributed by atoms with Gasteiger partial charge in [-0.05, 0) is 97.5 Å². The second-order valence-electron chi connectivity index (χ2n) is 19.8. The van der Waals surface area contributed by atoms with Crippen LogP contribution in [0.5, 0.6) is 11.5 Å². The van der Waals surface area contributed by atoms with E-state index in [9.17, 15) is 53.4 Å². The van der Waals surface area contributed by atoms with Crippen molar-refractivity contribution in [1.82, 2.24) is 41.1 Å². The van der Waals surface area contributed by atoms with Gasteiger partial charge in [-0.3, -0.25) is 38.9 Å². The van der Waals surface area contributed by atoms with Crippen molar-refractivity contribution >= 4 is 81.6 Å². The number of carbonyl (C=O) groups is 8. The Morgan fingerprint density at radius 1 is 0.795 bits per heavy atom. The first-order valence-corrected chi connectivity index (χ1v) is 26.5. The molecule has 4 atom stereocenters. The second kappa shape index (κ2) is 27.3. The van der Waals surface area contributed by atoms with Crippen LogP contribution in [0.25, 0.3) is 44.3 Å². The number of para-hydroxylation sites is 2. The summed E-state index contributed by atoms with van der Waals surface area (Å²) in [4.78, 5) is 122. The summed E-state index contributed by atoms with van der Waals surface area (Å²) in [6.07, 6.45) is 6.41. The molecule has 8 rings (SSSR count). The SMILES string of the molecule is COC(=O)CC(NC(=O)C(CC1=CNC=[N+]=CCC1)NC(=O)C(CCC(C)=O)NC(=O)C(Cc1cn(C)c2ccccc12)NCNC(=O)c1ccc(-c2c3ccc(=O)cc-3oc3cc(O)ccc23)c(C(=O)O)c1)C(=O)COc1ccccc1. The molecule has 2 aliphatic heterocycles. The molecule has 0 radical (unpaired) electrons. The van der Waals surface area contributed by atoms with Crippen molar-refractivity contribution in [2.24, 2.45) is 7.05 Å². The van der Waals surface area contributed by atoms with Gasteiger partial charge < -0.3 is 54.7 Å². The number of ether oxygens (including phenoxy) is 2. The largest absolute Gasteiger partial charge is 0.508 e. The highest BCUT2D eigenvalue weighted by molar-refractivity contribution is 6.09. The normalized spacial score (nSPS) is 13.5. The summed E-state index contributed by atoms with van der Waals surface area (Å²) in [6.45, 7) is 0.438. The molecular formula is C61H61N8O14+. The molecule has 83 heavy (non-hydrogen) atoms. The third-order valence-electron chi connectivity index (χ3n) is 13.9. The minimum Gasteiger partial charge on any atom is -0.508 e. The first-order valence-electron chi connectivity index (χ1n) is 26.5. The standard InChI is InChI=1S/C61H60N8O14/c1-35(70)15-22-47(58(76)68-50(24-36-10-9-23-62-33-63-30-36)60(78)67-48(29-55(74)81-3)52(73)32-82-41-11-5-4-6-12-41)66-59(77)49(26-38-31-69(2)51-14-8-7-13-42(38)51)64-34-65-57(75)37-16-19-43(46(25-37)61(79)80)56-44-20-17-39(71)27-53(44)83-54-28-40(72)18-21-45(54)56/h4-8,11-14,16-21,23,25,27-28,30-31,33,47-50,64H,9-10,15,22,24,26,29,32,34H2,1-3H3,(H6,65,66,67,68,71,72,75,76,77,78,79,80)/p+1. The van der Waals surface area contributed by atoms with E-state index in [1.54, 1.807) is 48.8 Å². The molecule has 0 spiro atoms. The molecule has 4 unspecified atom stereocenters. The number of nitrogens with one attached hydrogen (secondary N) is 6. The Balaban J connectivity index is 1.04. The number of fused-ring (bicyclic) bond motifs is 3. The number of aromatic nitrogens is 1. The average Bonchev–Trinajstić information content (AvgIpc) is 2.72. The number of benzene rings is 5. The first kappa shape index (κ1) is 59.0. The van der Waals surface area contributed by atoms with Crippen LogP contribution in [0.4, 0.5) is 0 Å². The number of amides is 4. The minimum absolute atomic E-state index is 0.00888. The lowest BCUT2D eigenvalue weighted by Crippen LogP contribution is -2.58. The lowest BCUT2D eigenvalue weighted by molar-refractivity contribution is -0.143. The van der Waals surface area contributed by atoms with E-state index < -0.39 is 78.5 Å². The van der Waals surface area contributed by atoms with Gasteiger partial charge >= 0.3 is 18.3 Å². The van der Waals surface area contributed by atoms with E-state index in [0.29, 0.717) is 46.2 Å². The summed E-state index contributed by atoms with van der Waals surface area (Å²) < 4.78 is 22.4. The van der Waals surface area contributed by atoms with Crippen molar-refractivity contribution in [3.63, 3.8) is 0 Å². The molecule has 4 amide bonds. The first-order chi connectivity index (χ1) is 40.0. The van der Waals surface area contributed by atoms with E-state index >= 15 is 0 Å². The zero-order valence-corrected chi connectivity index (χ0v) is 45.6. The summed E-state index contributed by atoms with van der Waals surface area (Å²) >= 11 is 0. The Hall–Kier alpha value is -10.2. The number of carbonyl (C=O) groups excluding carboxylic acids is 7. The van der Waals surface area contributed by atoms with Crippen LogP contribution in [-0.2, 0) is 47.0 Å². The molecule has 1 aliphatic carbocycles. The molecule has 0 bridgehead atoms. The number of phenolic OH excluding ortho intramolecular Hbond substituents is 1. The van der Waals surface area contributed by atoms with Crippen LogP contribution in [0, 0.1) is 0 Å². The van der Waals surface area contributed by atoms with Crippen LogP contribution >= 0.6 is 0 Å². The van der Waals surface area contributed by atoms with Crippen molar-refractivity contribution in [3.05, 3.63) is 154 Å². The van der Waals surface area contributed by atoms with Gasteiger partial charge in [-0.25, -0.2) is 14.8 Å². The van der Waals surface area contributed by atoms with Gasteiger partial charge in [-0.2, -0.15) is 0 Å². The fraction of sp³-hybridized carbons (Fsp3) is 0.262. The van der Waals surface area contributed by atoms with Gasteiger partial charge in [0.1, 0.15) is 53.4 Å². The second-order valence-corrected chi connectivity index (χ2v) is 19.8. The van der Waals surface area contributed by atoms with Crippen LogP contribution in [0.3, 0.4) is 0 Å². The van der Waals surface area contributed by atoms with Gasteiger partial charge in [0, 0.05) is 77.6 Å². The number of carboxylic acid groups (broad SMARTS) is 1. The maximum absolute atomic E-state index is 14.8. The van der Waals surface area contributed by atoms with E-state index in [2.05, 4.69) is 36.6 Å². The number of carboxylic acids is 1. The van der Waals surface area contributed by atoms with Crippen molar-refractivity contribution < 1.29 is 62.5 Å². The van der Waals surface area contributed by atoms with E-state index in [4.69, 9.17) is 13.9 Å². The van der Waals surface area contributed by atoms with Crippen LogP contribution in [-0.4, -0.2) is 119 Å². The zero-order chi connectivity index (χ0) is 59.2. The maximum Gasteiger partial charge on any atom is 0.336 e. The molecule has 22 heteroatoms. The number of ketones is 2. The molecule has 8 N–H and O–H groups in total. The van der Waals surface area contributed by atoms with E-state index in [1.165, 1.54) is 61.8 Å². The summed E-state index contributed by atoms with van der Waals surface area (Å²) in [6, 6.07) is 22.9. The van der Waals surface area contributed by atoms with E-state index in [1.807, 2.05) is 42.1 Å². The summed E-state index contributed by atoms with van der Waals surface area (Å²) in [7, 11) is 2.97. The highest BCUT2D eigenvalue weighted by Gasteiger charge is 2.34. The lowest BCUT2D eigenvalue weighted by Gasteiger charge is -2.27. The van der Waals surface area contributed by atoms with Gasteiger partial charge in [0.15, 0.2) is 17.4 Å². The molecule has 1 aromatic heterocycles. The predicted molar refractivity (Wildman–Crippen MR) is 308 cm³/mol. The highest BCUT2D eigenvalue weighted by Crippen LogP contribution is 2.42. The van der Waals surface area contributed by atoms with Crippen molar-refractivity contribution in [2.75, 3.05) is 20.4 Å². The number of rotatable bonds is 25. The number of hydrogen-bond donors (Lipinski definition) is 8. The number of aromatic hydroxyl groups is 1. The highest BCUT2D eigenvalue weighted by atomic mass is 16.5. The number of aryl methyl sites for hydroxylation is 1. The topological polar surface area (TPSA) is 317 Å². The predicted octanol–water partition coefficient (Wildman–Crippen LogP) is 4.21. The maximum atomic E-state index is 14.8. The molecule has 22 nitrogen and oxygen atoms in total. The third kappa shape index (κ3) is 15.2. The molecule has 428 valence electrons. The average molecular weight is 1130 g/mol. The Kier molecular flexibility index (Phi) is 19.4. The molecule has 5 aromatic rings. The van der Waals surface area contributed by atoms with Gasteiger partial charge in [-0.15, -0.1) is 0 Å². The molecular weight excluding hydrogens is 1070 g/mol. The van der Waals surface area contributed by atoms with Gasteiger partial charge in [0.2, 0.25) is 17.7 Å². The molecule has 0 fully saturated rings. The molecule has 3 aliphatic rings. The number of hydrogen-bond acceptors (Lipinski definition) is 15. The Bertz CT molecular complexity index is 3750. The van der Waals surface area contributed by atoms with Gasteiger partial charge in [-0.1, -0.05) is 42.5 Å². The summed E-state index contributed by atoms with van der Waals surface area (Å²) in [5.74, 6) is -5.94. The van der Waals surface area contributed by atoms with Crippen LogP contribution in [0.15, 0.2) is 136 Å². The van der Waals surface area contributed by atoms with Crippen molar-refractivity contribution in [2.45, 2.75) is 76.0 Å². The third-order valence-corrected chi connectivity index (χ3v) is 13.9. The summed E-state index contributed by atoms with van der Waals surface area (Å²) in [5.41, 5.74) is 2.69. The monoisotopic (exact) mass is 1130 g/mol. The quantitative estimate of drug-likeness (QED) is 0.0172. The summed E-state index contributed by atoms with van der Waals surface area (Å²) in [5, 5.41) is 38.9. The van der Waals surface area contributed by atoms with Crippen LogP contribution < -0.4 is 46.7 Å². The van der Waals surface area contributed by atoms with E-state index in [0.717, 1.165) is 18.0 Å². The number of phenols is 1. The molecule has 0 saturated heterocycles. The van der Waals surface area contributed by atoms with Gasteiger partial charge in [0.25, 0.3) is 5.91 Å². The molecule has 0 saturated carbocycles. The number of esters is 1. The number of nitrogens with zero attached hydrogens (tertiary/aromatic N) is 2. The Morgan fingerprint density at radius 2 is 1.52 bits per heavy atom.